The summed E-state index contributed by atoms with van der Waals surface area (Å²) in [7, 11) is 0. The molecule has 0 amide bonds. The molecule has 0 aromatic carbocycles. The number of aromatic nitrogens is 4. The molecule has 5 heterocycles. The van der Waals surface area contributed by atoms with Gasteiger partial charge in [0.25, 0.3) is 0 Å². The monoisotopic (exact) mass is 467 g/mol. The summed E-state index contributed by atoms with van der Waals surface area (Å²) >= 11 is 0. The maximum absolute atomic E-state index is 12.3. The minimum atomic E-state index is -0.323. The van der Waals surface area contributed by atoms with E-state index in [2.05, 4.69) is 47.9 Å². The van der Waals surface area contributed by atoms with Gasteiger partial charge < -0.3 is 9.97 Å². The normalized spacial score (nSPS) is 12.5. The molecule has 5 rings (SSSR count). The second kappa shape index (κ2) is 8.98. The Morgan fingerprint density at radius 3 is 1.83 bits per heavy atom. The lowest BCUT2D eigenvalue weighted by atomic mass is 10.0. The number of aromatic amines is 2. The van der Waals surface area contributed by atoms with Crippen molar-refractivity contribution in [3.05, 3.63) is 73.3 Å². The van der Waals surface area contributed by atoms with E-state index in [-0.39, 0.29) is 10.6 Å². The molecule has 2 aliphatic heterocycles. The zero-order valence-electron chi connectivity index (χ0n) is 20.5. The van der Waals surface area contributed by atoms with E-state index in [0.29, 0.717) is 23.3 Å². The van der Waals surface area contributed by atoms with E-state index in [1.807, 2.05) is 25.1 Å². The number of hydrogen-bond donors (Lipinski definition) is 2. The molecule has 0 spiro atoms. The number of nitrogens with one attached hydrogen (secondary N) is 2. The van der Waals surface area contributed by atoms with Crippen LogP contribution in [0.15, 0.2) is 18.2 Å². The van der Waals surface area contributed by atoms with Crippen molar-refractivity contribution in [2.75, 3.05) is 0 Å². The summed E-state index contributed by atoms with van der Waals surface area (Å²) < 4.78 is 0. The SMILES string of the molecule is CCc1c(CC)c2cc3[nH]c(c(CC)c3CC)c([N+](=O)[O-])c3nc(cc4nc(cc1[nH]2)C=C4)C=C3. The molecule has 7 nitrogen and oxygen atoms in total. The van der Waals surface area contributed by atoms with E-state index >= 15 is 0 Å². The van der Waals surface area contributed by atoms with Crippen LogP contribution in [0.25, 0.3) is 46.4 Å². The fraction of sp³-hybridized carbons (Fsp3) is 0.286. The molecule has 2 aliphatic rings. The van der Waals surface area contributed by atoms with Crippen molar-refractivity contribution in [2.45, 2.75) is 53.4 Å². The smallest absolute Gasteiger partial charge is 0.318 e. The van der Waals surface area contributed by atoms with Crippen LogP contribution in [0.4, 0.5) is 5.69 Å². The van der Waals surface area contributed by atoms with Gasteiger partial charge in [0, 0.05) is 16.6 Å². The highest BCUT2D eigenvalue weighted by Crippen LogP contribution is 2.33. The molecule has 0 saturated carbocycles. The van der Waals surface area contributed by atoms with Crippen molar-refractivity contribution < 1.29 is 4.92 Å². The predicted octanol–water partition coefficient (Wildman–Crippen LogP) is 6.81. The van der Waals surface area contributed by atoms with Crippen molar-refractivity contribution >= 4 is 52.1 Å². The number of nitro groups is 1. The van der Waals surface area contributed by atoms with E-state index in [0.717, 1.165) is 58.3 Å². The zero-order chi connectivity index (χ0) is 24.7. The van der Waals surface area contributed by atoms with Crippen LogP contribution in [0.3, 0.4) is 0 Å². The van der Waals surface area contributed by atoms with E-state index in [1.165, 1.54) is 11.1 Å². The molecule has 0 atom stereocenters. The molecule has 3 aromatic heterocycles. The lowest BCUT2D eigenvalue weighted by Gasteiger charge is -2.00. The molecule has 0 fully saturated rings. The van der Waals surface area contributed by atoms with Crippen molar-refractivity contribution in [3.63, 3.8) is 0 Å². The summed E-state index contributed by atoms with van der Waals surface area (Å²) in [6.07, 6.45) is 10.7. The molecule has 178 valence electrons. The van der Waals surface area contributed by atoms with Gasteiger partial charge in [-0.2, -0.15) is 0 Å². The first-order valence-corrected chi connectivity index (χ1v) is 12.3. The molecule has 0 saturated heterocycles. The third kappa shape index (κ3) is 3.87. The van der Waals surface area contributed by atoms with Crippen molar-refractivity contribution in [1.82, 2.24) is 19.9 Å². The summed E-state index contributed by atoms with van der Waals surface area (Å²) in [4.78, 5) is 28.4. The topological polar surface area (TPSA) is 100 Å². The Labute approximate surface area is 203 Å². The predicted molar refractivity (Wildman–Crippen MR) is 143 cm³/mol. The standard InChI is InChI=1S/C28H29N5O2/c1-5-19-20(6-2)25-15-26-21(7-3)22(8-4)27(32-26)28(33(34)35)23-12-11-17(30-23)13-16-9-10-18(29-16)14-24(19)31-25/h9-15,31-32H,5-8H2,1-4H3. The molecule has 8 bridgehead atoms. The van der Waals surface area contributed by atoms with Gasteiger partial charge >= 0.3 is 5.69 Å². The Morgan fingerprint density at radius 2 is 1.20 bits per heavy atom. The number of fused-ring (bicyclic) bond motifs is 8. The van der Waals surface area contributed by atoms with E-state index in [9.17, 15) is 10.1 Å². The Hall–Kier alpha value is -4.00. The fourth-order valence-corrected chi connectivity index (χ4v) is 5.30. The van der Waals surface area contributed by atoms with Crippen LogP contribution >= 0.6 is 0 Å². The lowest BCUT2D eigenvalue weighted by molar-refractivity contribution is -0.383. The summed E-state index contributed by atoms with van der Waals surface area (Å²) in [6, 6.07) is 6.07. The van der Waals surface area contributed by atoms with E-state index in [1.54, 1.807) is 12.2 Å². The Balaban J connectivity index is 2.03. The van der Waals surface area contributed by atoms with Crippen LogP contribution < -0.4 is 0 Å². The largest absolute Gasteiger partial charge is 0.355 e. The Morgan fingerprint density at radius 1 is 0.686 bits per heavy atom. The zero-order valence-corrected chi connectivity index (χ0v) is 20.5. The average molecular weight is 468 g/mol. The molecular weight excluding hydrogens is 438 g/mol. The van der Waals surface area contributed by atoms with Crippen LogP contribution in [0.1, 0.15) is 72.7 Å². The van der Waals surface area contributed by atoms with Gasteiger partial charge in [-0.1, -0.05) is 27.7 Å². The van der Waals surface area contributed by atoms with Crippen molar-refractivity contribution in [1.29, 1.82) is 0 Å². The van der Waals surface area contributed by atoms with Gasteiger partial charge in [0.2, 0.25) is 0 Å². The van der Waals surface area contributed by atoms with Gasteiger partial charge in [-0.15, -0.1) is 0 Å². The molecule has 3 aromatic rings. The fourth-order valence-electron chi connectivity index (χ4n) is 5.30. The van der Waals surface area contributed by atoms with Crippen LogP contribution in [0, 0.1) is 10.1 Å². The molecule has 0 unspecified atom stereocenters. The van der Waals surface area contributed by atoms with Crippen molar-refractivity contribution in [3.8, 4) is 0 Å². The minimum absolute atomic E-state index is 0.00423. The number of aryl methyl sites for hydroxylation is 4. The Kier molecular flexibility index (Phi) is 5.84. The second-order valence-electron chi connectivity index (χ2n) is 8.78. The number of H-pyrrole nitrogens is 2. The van der Waals surface area contributed by atoms with E-state index in [4.69, 9.17) is 4.98 Å². The Bertz CT molecular complexity index is 1570. The van der Waals surface area contributed by atoms with Gasteiger partial charge in [0.15, 0.2) is 0 Å². The molecule has 35 heavy (non-hydrogen) atoms. The summed E-state index contributed by atoms with van der Waals surface area (Å²) in [5.41, 5.74) is 10.8. The quantitative estimate of drug-likeness (QED) is 0.219. The number of rotatable bonds is 5. The highest BCUT2D eigenvalue weighted by molar-refractivity contribution is 5.87. The van der Waals surface area contributed by atoms with Crippen LogP contribution in [-0.2, 0) is 25.7 Å². The average Bonchev–Trinajstić information content (AvgIpc) is 3.60. The van der Waals surface area contributed by atoms with E-state index < -0.39 is 0 Å². The molecule has 0 radical (unpaired) electrons. The van der Waals surface area contributed by atoms with Gasteiger partial charge in [-0.3, -0.25) is 10.1 Å². The van der Waals surface area contributed by atoms with Crippen LogP contribution in [0.2, 0.25) is 0 Å². The van der Waals surface area contributed by atoms with Gasteiger partial charge in [-0.05, 0) is 90.4 Å². The number of nitrogens with zero attached hydrogens (tertiary/aromatic N) is 3. The summed E-state index contributed by atoms with van der Waals surface area (Å²) in [5, 5.41) is 12.3. The first-order chi connectivity index (χ1) is 17.0. The third-order valence-electron chi connectivity index (χ3n) is 6.83. The maximum Gasteiger partial charge on any atom is 0.318 e. The van der Waals surface area contributed by atoms with Gasteiger partial charge in [0.1, 0.15) is 11.2 Å². The molecule has 7 heteroatoms. The minimum Gasteiger partial charge on any atom is -0.355 e. The number of hydrogen-bond acceptors (Lipinski definition) is 4. The molecule has 0 aliphatic carbocycles. The maximum atomic E-state index is 12.3. The first kappa shape index (κ1) is 22.8. The lowest BCUT2D eigenvalue weighted by Crippen LogP contribution is -1.95. The summed E-state index contributed by atoms with van der Waals surface area (Å²) in [5.74, 6) is 0. The molecular formula is C28H29N5O2. The highest BCUT2D eigenvalue weighted by atomic mass is 16.6. The second-order valence-corrected chi connectivity index (χ2v) is 8.78. The summed E-state index contributed by atoms with van der Waals surface area (Å²) in [6.45, 7) is 8.46. The van der Waals surface area contributed by atoms with Crippen LogP contribution in [0.5, 0.6) is 0 Å². The van der Waals surface area contributed by atoms with Crippen LogP contribution in [-0.4, -0.2) is 24.9 Å². The first-order valence-electron chi connectivity index (χ1n) is 12.3. The molecule has 2 N–H and O–H groups in total. The van der Waals surface area contributed by atoms with Crippen molar-refractivity contribution in [2.24, 2.45) is 0 Å². The van der Waals surface area contributed by atoms with Gasteiger partial charge in [0.05, 0.1) is 22.0 Å². The van der Waals surface area contributed by atoms with Gasteiger partial charge in [-0.25, -0.2) is 9.97 Å². The third-order valence-corrected chi connectivity index (χ3v) is 6.83. The highest BCUT2D eigenvalue weighted by Gasteiger charge is 2.23.